The van der Waals surface area contributed by atoms with Crippen LogP contribution in [0.4, 0.5) is 0 Å². The van der Waals surface area contributed by atoms with E-state index < -0.39 is 5.97 Å². The Morgan fingerprint density at radius 1 is 0.879 bits per heavy atom. The lowest BCUT2D eigenvalue weighted by Gasteiger charge is -2.13. The first kappa shape index (κ1) is 22.4. The Labute approximate surface area is 197 Å². The second-order valence-electron chi connectivity index (χ2n) is 6.95. The Kier molecular flexibility index (Phi) is 6.37. The molecule has 0 saturated heterocycles. The van der Waals surface area contributed by atoms with Gasteiger partial charge in [-0.3, -0.25) is 4.79 Å². The number of halogens is 1. The van der Waals surface area contributed by atoms with Gasteiger partial charge in [-0.25, -0.2) is 4.79 Å². The zero-order valence-electron chi connectivity index (χ0n) is 18.0. The number of esters is 1. The van der Waals surface area contributed by atoms with Gasteiger partial charge in [-0.1, -0.05) is 28.1 Å². The molecule has 3 aromatic carbocycles. The van der Waals surface area contributed by atoms with Crippen LogP contribution in [0.2, 0.25) is 0 Å². The second-order valence-corrected chi connectivity index (χ2v) is 7.86. The molecule has 0 aliphatic rings. The second kappa shape index (κ2) is 9.38. The first-order valence-electron chi connectivity index (χ1n) is 9.79. The van der Waals surface area contributed by atoms with Gasteiger partial charge in [0.1, 0.15) is 17.6 Å². The number of carbonyl (C=O) groups is 1. The van der Waals surface area contributed by atoms with Gasteiger partial charge in [0.15, 0.2) is 16.9 Å². The van der Waals surface area contributed by atoms with Crippen molar-refractivity contribution in [3.8, 4) is 34.1 Å². The minimum absolute atomic E-state index is 0.180. The number of benzene rings is 3. The molecule has 0 bridgehead atoms. The Bertz CT molecular complexity index is 1370. The van der Waals surface area contributed by atoms with Gasteiger partial charge in [-0.2, -0.15) is 0 Å². The Morgan fingerprint density at radius 3 is 2.15 bits per heavy atom. The van der Waals surface area contributed by atoms with Crippen molar-refractivity contribution >= 4 is 32.9 Å². The zero-order valence-corrected chi connectivity index (χ0v) is 19.6. The molecule has 1 heterocycles. The Morgan fingerprint density at radius 2 is 1.55 bits per heavy atom. The summed E-state index contributed by atoms with van der Waals surface area (Å²) in [6, 6.07) is 15.0. The van der Waals surface area contributed by atoms with E-state index in [2.05, 4.69) is 15.9 Å². The average Bonchev–Trinajstić information content (AvgIpc) is 2.84. The number of hydrogen-bond acceptors (Lipinski definition) is 7. The van der Waals surface area contributed by atoms with Crippen LogP contribution in [0.5, 0.6) is 23.0 Å². The lowest BCUT2D eigenvalue weighted by molar-refractivity contribution is 0.0734. The van der Waals surface area contributed by atoms with E-state index in [9.17, 15) is 9.59 Å². The zero-order chi connectivity index (χ0) is 23.5. The lowest BCUT2D eigenvalue weighted by Crippen LogP contribution is -2.10. The molecule has 168 valence electrons. The monoisotopic (exact) mass is 510 g/mol. The van der Waals surface area contributed by atoms with E-state index in [1.165, 1.54) is 45.8 Å². The fourth-order valence-electron chi connectivity index (χ4n) is 3.37. The maximum Gasteiger partial charge on any atom is 0.343 e. The van der Waals surface area contributed by atoms with Gasteiger partial charge in [0, 0.05) is 10.5 Å². The highest BCUT2D eigenvalue weighted by Gasteiger charge is 2.19. The minimum Gasteiger partial charge on any atom is -0.493 e. The van der Waals surface area contributed by atoms with Gasteiger partial charge in [0.2, 0.25) is 5.75 Å². The molecule has 4 rings (SSSR count). The molecule has 0 amide bonds. The number of fused-ring (bicyclic) bond motifs is 1. The minimum atomic E-state index is -0.637. The van der Waals surface area contributed by atoms with Crippen LogP contribution in [-0.2, 0) is 0 Å². The van der Waals surface area contributed by atoms with Crippen LogP contribution in [0.1, 0.15) is 10.4 Å². The fourth-order valence-corrected chi connectivity index (χ4v) is 3.63. The highest BCUT2D eigenvalue weighted by Crippen LogP contribution is 2.38. The van der Waals surface area contributed by atoms with E-state index in [-0.39, 0.29) is 16.7 Å². The summed E-state index contributed by atoms with van der Waals surface area (Å²) in [5.41, 5.74) is 1.51. The van der Waals surface area contributed by atoms with E-state index in [1.54, 1.807) is 12.1 Å². The number of carbonyl (C=O) groups excluding carboxylic acids is 1. The van der Waals surface area contributed by atoms with E-state index >= 15 is 0 Å². The van der Waals surface area contributed by atoms with Gasteiger partial charge >= 0.3 is 5.97 Å². The third-order valence-electron chi connectivity index (χ3n) is 5.01. The number of hydrogen-bond donors (Lipinski definition) is 0. The third kappa shape index (κ3) is 4.42. The van der Waals surface area contributed by atoms with Gasteiger partial charge in [-0.05, 0) is 42.0 Å². The van der Waals surface area contributed by atoms with Crippen LogP contribution < -0.4 is 24.4 Å². The van der Waals surface area contributed by atoms with Crippen LogP contribution in [0.15, 0.2) is 74.5 Å². The molecular weight excluding hydrogens is 492 g/mol. The molecule has 4 aromatic rings. The van der Waals surface area contributed by atoms with Crippen LogP contribution >= 0.6 is 15.9 Å². The summed E-state index contributed by atoms with van der Waals surface area (Å²) in [6.07, 6.45) is 1.40. The predicted octanol–water partition coefficient (Wildman–Crippen LogP) is 5.47. The van der Waals surface area contributed by atoms with Gasteiger partial charge in [0.25, 0.3) is 0 Å². The quantitative estimate of drug-likeness (QED) is 0.251. The maximum absolute atomic E-state index is 13.0. The SMILES string of the molecule is COc1cc(C(=O)Oc2ccc3c(=O)c(-c4ccc(Br)cc4)coc3c2)cc(OC)c1OC. The van der Waals surface area contributed by atoms with E-state index in [0.29, 0.717) is 33.8 Å². The Hall–Kier alpha value is -3.78. The first-order valence-corrected chi connectivity index (χ1v) is 10.6. The van der Waals surface area contributed by atoms with Crippen molar-refractivity contribution in [1.29, 1.82) is 0 Å². The molecule has 0 aliphatic carbocycles. The highest BCUT2D eigenvalue weighted by atomic mass is 79.9. The molecule has 0 spiro atoms. The summed E-state index contributed by atoms with van der Waals surface area (Å²) in [6.45, 7) is 0. The standard InChI is InChI=1S/C25H19BrO7/c1-29-21-10-15(11-22(30-2)24(21)31-3)25(28)33-17-8-9-18-20(12-17)32-13-19(23(18)27)14-4-6-16(26)7-5-14/h4-13H,1-3H3. The molecule has 1 aromatic heterocycles. The summed E-state index contributed by atoms with van der Waals surface area (Å²) in [5.74, 6) is 0.608. The number of methoxy groups -OCH3 is 3. The van der Waals surface area contributed by atoms with Crippen LogP contribution in [0.3, 0.4) is 0 Å². The van der Waals surface area contributed by atoms with Crippen LogP contribution in [0, 0.1) is 0 Å². The molecular formula is C25H19BrO7. The van der Waals surface area contributed by atoms with Gasteiger partial charge in [0.05, 0.1) is 37.8 Å². The first-order chi connectivity index (χ1) is 15.9. The number of rotatable bonds is 6. The molecule has 0 N–H and O–H groups in total. The normalized spacial score (nSPS) is 10.7. The molecule has 0 saturated carbocycles. The maximum atomic E-state index is 13.0. The summed E-state index contributed by atoms with van der Waals surface area (Å²) in [7, 11) is 4.39. The van der Waals surface area contributed by atoms with Crippen molar-refractivity contribution in [3.63, 3.8) is 0 Å². The highest BCUT2D eigenvalue weighted by molar-refractivity contribution is 9.10. The lowest BCUT2D eigenvalue weighted by atomic mass is 10.1. The topological polar surface area (TPSA) is 84.2 Å². The molecule has 8 heteroatoms. The van der Waals surface area contributed by atoms with Crippen molar-refractivity contribution in [3.05, 3.63) is 81.1 Å². The number of ether oxygens (including phenoxy) is 4. The summed E-state index contributed by atoms with van der Waals surface area (Å²) in [5, 5.41) is 0.378. The third-order valence-corrected chi connectivity index (χ3v) is 5.54. The van der Waals surface area contributed by atoms with E-state index in [0.717, 1.165) is 10.0 Å². The van der Waals surface area contributed by atoms with E-state index in [4.69, 9.17) is 23.4 Å². The van der Waals surface area contributed by atoms with Gasteiger partial charge in [-0.15, -0.1) is 0 Å². The van der Waals surface area contributed by atoms with Crippen molar-refractivity contribution in [2.24, 2.45) is 0 Å². The van der Waals surface area contributed by atoms with Crippen LogP contribution in [-0.4, -0.2) is 27.3 Å². The molecule has 0 aliphatic heterocycles. The summed E-state index contributed by atoms with van der Waals surface area (Å²) in [4.78, 5) is 25.7. The molecule has 0 unspecified atom stereocenters. The molecule has 7 nitrogen and oxygen atoms in total. The van der Waals surface area contributed by atoms with Gasteiger partial charge < -0.3 is 23.4 Å². The average molecular weight is 511 g/mol. The van der Waals surface area contributed by atoms with Crippen molar-refractivity contribution < 1.29 is 28.2 Å². The van der Waals surface area contributed by atoms with E-state index in [1.807, 2.05) is 24.3 Å². The van der Waals surface area contributed by atoms with Crippen LogP contribution in [0.25, 0.3) is 22.1 Å². The van der Waals surface area contributed by atoms with Crippen molar-refractivity contribution in [2.45, 2.75) is 0 Å². The summed E-state index contributed by atoms with van der Waals surface area (Å²) >= 11 is 3.38. The molecule has 33 heavy (non-hydrogen) atoms. The predicted molar refractivity (Wildman–Crippen MR) is 127 cm³/mol. The Balaban J connectivity index is 1.65. The summed E-state index contributed by atoms with van der Waals surface area (Å²) < 4.78 is 27.9. The van der Waals surface area contributed by atoms with Crippen molar-refractivity contribution in [1.82, 2.24) is 0 Å². The van der Waals surface area contributed by atoms with Crippen molar-refractivity contribution in [2.75, 3.05) is 21.3 Å². The smallest absolute Gasteiger partial charge is 0.343 e. The molecule has 0 atom stereocenters. The molecule has 0 radical (unpaired) electrons. The fraction of sp³-hybridized carbons (Fsp3) is 0.120. The molecule has 0 fully saturated rings. The largest absolute Gasteiger partial charge is 0.493 e.